The molecule has 3 nitrogen and oxygen atoms in total. The van der Waals surface area contributed by atoms with Gasteiger partial charge in [-0.05, 0) is 24.6 Å². The number of anilines is 1. The highest BCUT2D eigenvalue weighted by molar-refractivity contribution is 6.42. The Morgan fingerprint density at radius 2 is 2.06 bits per heavy atom. The first-order valence-corrected chi connectivity index (χ1v) is 6.34. The van der Waals surface area contributed by atoms with E-state index < -0.39 is 0 Å². The molecule has 0 spiro atoms. The maximum atomic E-state index is 11.4. The largest absolute Gasteiger partial charge is 0.376 e. The van der Waals surface area contributed by atoms with E-state index in [0.717, 1.165) is 25.1 Å². The molecule has 0 aliphatic heterocycles. The van der Waals surface area contributed by atoms with Crippen molar-refractivity contribution in [2.75, 3.05) is 18.4 Å². The molecule has 1 rings (SSSR count). The normalized spacial score (nSPS) is 10.1. The number of hydrogen-bond donors (Lipinski definition) is 2. The van der Waals surface area contributed by atoms with Crippen molar-refractivity contribution in [3.63, 3.8) is 0 Å². The van der Waals surface area contributed by atoms with Gasteiger partial charge in [0.1, 0.15) is 0 Å². The number of rotatable bonds is 6. The molecule has 5 heteroatoms. The molecule has 1 aromatic rings. The standard InChI is InChI=1S/C12H16Cl2N2O/c1-2-3-6-15-12(17)8-16-9-4-5-10(13)11(14)7-9/h4-5,7,16H,2-3,6,8H2,1H3,(H,15,17). The van der Waals surface area contributed by atoms with Crippen LogP contribution in [0.3, 0.4) is 0 Å². The highest BCUT2D eigenvalue weighted by atomic mass is 35.5. The molecule has 0 atom stereocenters. The summed E-state index contributed by atoms with van der Waals surface area (Å²) in [5, 5.41) is 6.78. The number of benzene rings is 1. The lowest BCUT2D eigenvalue weighted by molar-refractivity contribution is -0.119. The number of unbranched alkanes of at least 4 members (excludes halogenated alkanes) is 1. The van der Waals surface area contributed by atoms with Gasteiger partial charge in [0.15, 0.2) is 0 Å². The fourth-order valence-corrected chi connectivity index (χ4v) is 1.55. The second kappa shape index (κ2) is 7.41. The van der Waals surface area contributed by atoms with Crippen LogP contribution in [-0.4, -0.2) is 19.0 Å². The van der Waals surface area contributed by atoms with Crippen molar-refractivity contribution >= 4 is 34.8 Å². The second-order valence-electron chi connectivity index (χ2n) is 3.69. The molecule has 0 heterocycles. The van der Waals surface area contributed by atoms with Gasteiger partial charge in [-0.3, -0.25) is 4.79 Å². The average Bonchev–Trinajstić information content (AvgIpc) is 2.31. The summed E-state index contributed by atoms with van der Waals surface area (Å²) >= 11 is 11.6. The maximum absolute atomic E-state index is 11.4. The zero-order chi connectivity index (χ0) is 12.7. The number of nitrogens with one attached hydrogen (secondary N) is 2. The third kappa shape index (κ3) is 5.29. The van der Waals surface area contributed by atoms with E-state index in [9.17, 15) is 4.79 Å². The van der Waals surface area contributed by atoms with Crippen LogP contribution in [0.1, 0.15) is 19.8 Å². The Bertz CT molecular complexity index is 383. The molecule has 0 bridgehead atoms. The van der Waals surface area contributed by atoms with E-state index in [0.29, 0.717) is 10.0 Å². The van der Waals surface area contributed by atoms with Gasteiger partial charge in [-0.15, -0.1) is 0 Å². The van der Waals surface area contributed by atoms with Gasteiger partial charge in [-0.1, -0.05) is 36.5 Å². The first kappa shape index (κ1) is 14.1. The van der Waals surface area contributed by atoms with Crippen molar-refractivity contribution in [3.05, 3.63) is 28.2 Å². The molecule has 0 aliphatic rings. The molecule has 0 saturated carbocycles. The maximum Gasteiger partial charge on any atom is 0.239 e. The molecule has 17 heavy (non-hydrogen) atoms. The Labute approximate surface area is 111 Å². The Kier molecular flexibility index (Phi) is 6.16. The average molecular weight is 275 g/mol. The van der Waals surface area contributed by atoms with Gasteiger partial charge < -0.3 is 10.6 Å². The Balaban J connectivity index is 2.34. The molecule has 0 radical (unpaired) electrons. The van der Waals surface area contributed by atoms with Gasteiger partial charge in [0.2, 0.25) is 5.91 Å². The summed E-state index contributed by atoms with van der Waals surface area (Å²) in [5.74, 6) is -0.0236. The molecule has 0 unspecified atom stereocenters. The van der Waals surface area contributed by atoms with Crippen molar-refractivity contribution < 1.29 is 4.79 Å². The van der Waals surface area contributed by atoms with Crippen LogP contribution < -0.4 is 10.6 Å². The van der Waals surface area contributed by atoms with Crippen molar-refractivity contribution in [3.8, 4) is 0 Å². The minimum Gasteiger partial charge on any atom is -0.376 e. The van der Waals surface area contributed by atoms with Gasteiger partial charge in [-0.2, -0.15) is 0 Å². The third-order valence-corrected chi connectivity index (χ3v) is 2.96. The van der Waals surface area contributed by atoms with Gasteiger partial charge >= 0.3 is 0 Å². The lowest BCUT2D eigenvalue weighted by atomic mass is 10.3. The summed E-state index contributed by atoms with van der Waals surface area (Å²) in [5.41, 5.74) is 0.782. The highest BCUT2D eigenvalue weighted by Crippen LogP contribution is 2.24. The number of halogens is 2. The van der Waals surface area contributed by atoms with Crippen LogP contribution in [0.5, 0.6) is 0 Å². The predicted octanol–water partition coefficient (Wildman–Crippen LogP) is 3.32. The van der Waals surface area contributed by atoms with Gasteiger partial charge in [-0.25, -0.2) is 0 Å². The summed E-state index contributed by atoms with van der Waals surface area (Å²) in [6, 6.07) is 5.18. The third-order valence-electron chi connectivity index (χ3n) is 2.23. The molecule has 0 saturated heterocycles. The van der Waals surface area contributed by atoms with Crippen LogP contribution >= 0.6 is 23.2 Å². The van der Waals surface area contributed by atoms with Crippen molar-refractivity contribution in [1.82, 2.24) is 5.32 Å². The molecule has 1 amide bonds. The van der Waals surface area contributed by atoms with E-state index in [4.69, 9.17) is 23.2 Å². The van der Waals surface area contributed by atoms with E-state index >= 15 is 0 Å². The van der Waals surface area contributed by atoms with Crippen LogP contribution in [0.2, 0.25) is 10.0 Å². The molecule has 0 aliphatic carbocycles. The molecule has 0 aromatic heterocycles. The predicted molar refractivity (Wildman–Crippen MR) is 72.9 cm³/mol. The van der Waals surface area contributed by atoms with E-state index in [1.807, 2.05) is 0 Å². The lowest BCUT2D eigenvalue weighted by Gasteiger charge is -2.08. The van der Waals surface area contributed by atoms with Gasteiger partial charge in [0, 0.05) is 12.2 Å². The monoisotopic (exact) mass is 274 g/mol. The fraction of sp³-hybridized carbons (Fsp3) is 0.417. The number of amides is 1. The summed E-state index contributed by atoms with van der Waals surface area (Å²) in [7, 11) is 0. The molecule has 2 N–H and O–H groups in total. The zero-order valence-corrected chi connectivity index (χ0v) is 11.2. The van der Waals surface area contributed by atoms with Crippen LogP contribution in [0.4, 0.5) is 5.69 Å². The molecular weight excluding hydrogens is 259 g/mol. The summed E-state index contributed by atoms with van der Waals surface area (Å²) in [6.07, 6.45) is 2.07. The minimum atomic E-state index is -0.0236. The Hall–Kier alpha value is -0.930. The van der Waals surface area contributed by atoms with Crippen LogP contribution in [-0.2, 0) is 4.79 Å². The van der Waals surface area contributed by atoms with Gasteiger partial charge in [0.05, 0.1) is 16.6 Å². The number of carbonyl (C=O) groups is 1. The molecule has 0 fully saturated rings. The number of hydrogen-bond acceptors (Lipinski definition) is 2. The van der Waals surface area contributed by atoms with Crippen LogP contribution in [0.25, 0.3) is 0 Å². The summed E-state index contributed by atoms with van der Waals surface area (Å²) in [6.45, 7) is 3.04. The first-order valence-electron chi connectivity index (χ1n) is 5.59. The molecule has 94 valence electrons. The smallest absolute Gasteiger partial charge is 0.239 e. The SMILES string of the molecule is CCCCNC(=O)CNc1ccc(Cl)c(Cl)c1. The van der Waals surface area contributed by atoms with Gasteiger partial charge in [0.25, 0.3) is 0 Å². The minimum absolute atomic E-state index is 0.0236. The Morgan fingerprint density at radius 1 is 1.29 bits per heavy atom. The van der Waals surface area contributed by atoms with Crippen molar-refractivity contribution in [2.45, 2.75) is 19.8 Å². The Morgan fingerprint density at radius 3 is 2.71 bits per heavy atom. The van der Waals surface area contributed by atoms with E-state index in [1.165, 1.54) is 0 Å². The quantitative estimate of drug-likeness (QED) is 0.782. The van der Waals surface area contributed by atoms with Crippen LogP contribution in [0, 0.1) is 0 Å². The molecular formula is C12H16Cl2N2O. The van der Waals surface area contributed by atoms with Crippen LogP contribution in [0.15, 0.2) is 18.2 Å². The molecule has 1 aromatic carbocycles. The summed E-state index contributed by atoms with van der Waals surface area (Å²) in [4.78, 5) is 11.4. The second-order valence-corrected chi connectivity index (χ2v) is 4.50. The van der Waals surface area contributed by atoms with E-state index in [1.54, 1.807) is 18.2 Å². The van der Waals surface area contributed by atoms with Crippen molar-refractivity contribution in [1.29, 1.82) is 0 Å². The first-order chi connectivity index (χ1) is 8.13. The highest BCUT2D eigenvalue weighted by Gasteiger charge is 2.02. The zero-order valence-electron chi connectivity index (χ0n) is 9.72. The number of carbonyl (C=O) groups excluding carboxylic acids is 1. The van der Waals surface area contributed by atoms with E-state index in [2.05, 4.69) is 17.6 Å². The fourth-order valence-electron chi connectivity index (χ4n) is 1.26. The summed E-state index contributed by atoms with van der Waals surface area (Å²) < 4.78 is 0. The topological polar surface area (TPSA) is 41.1 Å². The lowest BCUT2D eigenvalue weighted by Crippen LogP contribution is -2.30. The van der Waals surface area contributed by atoms with Crippen molar-refractivity contribution in [2.24, 2.45) is 0 Å². The van der Waals surface area contributed by atoms with E-state index in [-0.39, 0.29) is 12.5 Å².